The maximum absolute atomic E-state index is 13.2. The molecule has 0 heterocycles. The Labute approximate surface area is 145 Å². The second-order valence-corrected chi connectivity index (χ2v) is 8.43. The zero-order chi connectivity index (χ0) is 18.2. The maximum Gasteiger partial charge on any atom is 0.153 e. The highest BCUT2D eigenvalue weighted by atomic mass is 16.1. The van der Waals surface area contributed by atoms with Gasteiger partial charge in [-0.15, -0.1) is 0 Å². The molecule has 0 aliphatic rings. The van der Waals surface area contributed by atoms with Gasteiger partial charge in [0.15, 0.2) is 5.78 Å². The summed E-state index contributed by atoms with van der Waals surface area (Å²) in [6.07, 6.45) is 2.92. The Morgan fingerprint density at radius 2 is 1.30 bits per heavy atom. The number of unbranched alkanes of at least 4 members (excludes halogenated alkanes) is 1. The van der Waals surface area contributed by atoms with Crippen molar-refractivity contribution in [2.75, 3.05) is 6.54 Å². The molecule has 0 unspecified atom stereocenters. The minimum atomic E-state index is -0.0360. The molecular weight excluding hydrogens is 284 g/mol. The molecule has 0 aliphatic carbocycles. The lowest BCUT2D eigenvalue weighted by atomic mass is 9.78. The first-order valence-electron chi connectivity index (χ1n) is 9.63. The van der Waals surface area contributed by atoms with Crippen LogP contribution in [0, 0.1) is 29.6 Å². The van der Waals surface area contributed by atoms with Gasteiger partial charge < -0.3 is 11.1 Å². The lowest BCUT2D eigenvalue weighted by molar-refractivity contribution is -0.128. The number of nitrogens with one attached hydrogen (secondary N) is 1. The average Bonchev–Trinajstić information content (AvgIpc) is 2.40. The minimum absolute atomic E-state index is 0.0360. The molecule has 0 saturated carbocycles. The van der Waals surface area contributed by atoms with E-state index in [0.717, 1.165) is 19.3 Å². The summed E-state index contributed by atoms with van der Waals surface area (Å²) in [5.74, 6) is 2.35. The maximum atomic E-state index is 13.2. The molecule has 0 rings (SSSR count). The van der Waals surface area contributed by atoms with Gasteiger partial charge in [0.05, 0.1) is 6.04 Å². The van der Waals surface area contributed by atoms with Crippen molar-refractivity contribution in [1.29, 1.82) is 0 Å². The van der Waals surface area contributed by atoms with Gasteiger partial charge in [0, 0.05) is 12.0 Å². The van der Waals surface area contributed by atoms with E-state index in [1.165, 1.54) is 0 Å². The van der Waals surface area contributed by atoms with Gasteiger partial charge >= 0.3 is 0 Å². The third kappa shape index (κ3) is 7.80. The van der Waals surface area contributed by atoms with E-state index in [9.17, 15) is 4.79 Å². The van der Waals surface area contributed by atoms with Gasteiger partial charge in [0.2, 0.25) is 0 Å². The van der Waals surface area contributed by atoms with Gasteiger partial charge in [-0.05, 0) is 43.1 Å². The molecule has 138 valence electrons. The van der Waals surface area contributed by atoms with Crippen molar-refractivity contribution in [3.8, 4) is 0 Å². The van der Waals surface area contributed by atoms with Gasteiger partial charge in [-0.1, -0.05) is 61.8 Å². The summed E-state index contributed by atoms with van der Waals surface area (Å²) in [6.45, 7) is 18.3. The van der Waals surface area contributed by atoms with Crippen LogP contribution in [-0.2, 0) is 4.79 Å². The zero-order valence-electron chi connectivity index (χ0n) is 16.9. The SMILES string of the molecule is CC(C)C(N[C@@H](CCCCN)C(=O)C(C(C)C)C(C)C)C(C)C. The molecular formula is C20H42N2O. The van der Waals surface area contributed by atoms with E-state index in [-0.39, 0.29) is 12.0 Å². The number of Topliss-reactive ketones (excluding diaryl/α,β-unsaturated/α-hetero) is 1. The predicted octanol–water partition coefficient (Wildman–Crippen LogP) is 4.25. The summed E-state index contributed by atoms with van der Waals surface area (Å²) < 4.78 is 0. The minimum Gasteiger partial charge on any atom is -0.330 e. The van der Waals surface area contributed by atoms with Crippen LogP contribution in [0.5, 0.6) is 0 Å². The van der Waals surface area contributed by atoms with Crippen LogP contribution in [-0.4, -0.2) is 24.4 Å². The summed E-state index contributed by atoms with van der Waals surface area (Å²) >= 11 is 0. The number of rotatable bonds is 12. The molecule has 0 aromatic heterocycles. The number of hydrogen-bond acceptors (Lipinski definition) is 3. The quantitative estimate of drug-likeness (QED) is 0.527. The monoisotopic (exact) mass is 326 g/mol. The lowest BCUT2D eigenvalue weighted by Crippen LogP contribution is -2.51. The van der Waals surface area contributed by atoms with Crippen molar-refractivity contribution in [1.82, 2.24) is 5.32 Å². The molecule has 23 heavy (non-hydrogen) atoms. The lowest BCUT2D eigenvalue weighted by Gasteiger charge is -2.34. The van der Waals surface area contributed by atoms with Crippen molar-refractivity contribution in [2.24, 2.45) is 35.3 Å². The van der Waals surface area contributed by atoms with E-state index < -0.39 is 0 Å². The molecule has 0 saturated heterocycles. The molecule has 3 N–H and O–H groups in total. The third-order valence-corrected chi connectivity index (χ3v) is 4.89. The smallest absolute Gasteiger partial charge is 0.153 e. The highest BCUT2D eigenvalue weighted by molar-refractivity contribution is 5.86. The Hall–Kier alpha value is -0.410. The summed E-state index contributed by atoms with van der Waals surface area (Å²) in [6, 6.07) is 0.341. The zero-order valence-corrected chi connectivity index (χ0v) is 16.9. The number of nitrogens with two attached hydrogens (primary N) is 1. The summed E-state index contributed by atoms with van der Waals surface area (Å²) in [4.78, 5) is 13.2. The van der Waals surface area contributed by atoms with E-state index in [4.69, 9.17) is 5.73 Å². The topological polar surface area (TPSA) is 55.1 Å². The second kappa shape index (κ2) is 11.2. The standard InChI is InChI=1S/C20H42N2O/c1-13(2)18(14(3)4)20(23)17(11-9-10-12-21)22-19(15(5)6)16(7)8/h13-19,22H,9-12,21H2,1-8H3/t17-/m0/s1. The van der Waals surface area contributed by atoms with Crippen LogP contribution in [0.15, 0.2) is 0 Å². The molecule has 1 atom stereocenters. The first-order valence-corrected chi connectivity index (χ1v) is 9.63. The van der Waals surface area contributed by atoms with Gasteiger partial charge in [-0.3, -0.25) is 4.79 Å². The van der Waals surface area contributed by atoms with Crippen molar-refractivity contribution in [3.05, 3.63) is 0 Å². The molecule has 0 amide bonds. The number of carbonyl (C=O) groups is 1. The third-order valence-electron chi connectivity index (χ3n) is 4.89. The molecule has 0 aliphatic heterocycles. The van der Waals surface area contributed by atoms with Gasteiger partial charge in [0.1, 0.15) is 0 Å². The molecule has 3 nitrogen and oxygen atoms in total. The van der Waals surface area contributed by atoms with E-state index in [2.05, 4.69) is 60.7 Å². The summed E-state index contributed by atoms with van der Waals surface area (Å²) in [5.41, 5.74) is 5.64. The van der Waals surface area contributed by atoms with Gasteiger partial charge in [-0.2, -0.15) is 0 Å². The van der Waals surface area contributed by atoms with Crippen molar-refractivity contribution in [3.63, 3.8) is 0 Å². The average molecular weight is 327 g/mol. The first kappa shape index (κ1) is 22.6. The first-order chi connectivity index (χ1) is 10.6. The van der Waals surface area contributed by atoms with Gasteiger partial charge in [-0.25, -0.2) is 0 Å². The fourth-order valence-corrected chi connectivity index (χ4v) is 3.85. The van der Waals surface area contributed by atoms with Crippen LogP contribution >= 0.6 is 0 Å². The highest BCUT2D eigenvalue weighted by Gasteiger charge is 2.33. The van der Waals surface area contributed by atoms with Crippen LogP contribution in [0.3, 0.4) is 0 Å². The van der Waals surface area contributed by atoms with Crippen LogP contribution in [0.25, 0.3) is 0 Å². The largest absolute Gasteiger partial charge is 0.330 e. The van der Waals surface area contributed by atoms with Crippen LogP contribution in [0.1, 0.15) is 74.7 Å². The van der Waals surface area contributed by atoms with E-state index in [1.54, 1.807) is 0 Å². The number of hydrogen-bond donors (Lipinski definition) is 2. The molecule has 0 spiro atoms. The Bertz CT molecular complexity index is 308. The predicted molar refractivity (Wildman–Crippen MR) is 101 cm³/mol. The van der Waals surface area contributed by atoms with E-state index >= 15 is 0 Å². The molecule has 0 fully saturated rings. The van der Waals surface area contributed by atoms with Crippen molar-refractivity contribution >= 4 is 5.78 Å². The number of carbonyl (C=O) groups excluding carboxylic acids is 1. The molecule has 0 bridgehead atoms. The Kier molecular flexibility index (Phi) is 11.0. The fourth-order valence-electron chi connectivity index (χ4n) is 3.85. The second-order valence-electron chi connectivity index (χ2n) is 8.43. The van der Waals surface area contributed by atoms with Crippen LogP contribution in [0.2, 0.25) is 0 Å². The normalized spacial score (nSPS) is 14.0. The van der Waals surface area contributed by atoms with E-state index in [1.807, 2.05) is 0 Å². The van der Waals surface area contributed by atoms with Crippen LogP contribution < -0.4 is 11.1 Å². The van der Waals surface area contributed by atoms with Crippen LogP contribution in [0.4, 0.5) is 0 Å². The summed E-state index contributed by atoms with van der Waals surface area (Å²) in [7, 11) is 0. The fraction of sp³-hybridized carbons (Fsp3) is 0.950. The summed E-state index contributed by atoms with van der Waals surface area (Å²) in [5, 5.41) is 3.71. The Morgan fingerprint density at radius 3 is 1.65 bits per heavy atom. The van der Waals surface area contributed by atoms with Crippen molar-refractivity contribution in [2.45, 2.75) is 86.7 Å². The number of ketones is 1. The van der Waals surface area contributed by atoms with Gasteiger partial charge in [0.25, 0.3) is 0 Å². The molecule has 0 aromatic rings. The van der Waals surface area contributed by atoms with Crippen molar-refractivity contribution < 1.29 is 4.79 Å². The molecule has 0 radical (unpaired) electrons. The molecule has 3 heteroatoms. The van der Waals surface area contributed by atoms with E-state index in [0.29, 0.717) is 42.0 Å². The molecule has 0 aromatic carbocycles. The highest BCUT2D eigenvalue weighted by Crippen LogP contribution is 2.25. The Morgan fingerprint density at radius 1 is 0.826 bits per heavy atom. The Balaban J connectivity index is 5.21.